The Morgan fingerprint density at radius 1 is 0.978 bits per heavy atom. The van der Waals surface area contributed by atoms with Crippen LogP contribution >= 0.6 is 11.6 Å². The fraction of sp³-hybridized carbons (Fsp3) is 0.464. The van der Waals surface area contributed by atoms with Crippen LogP contribution < -0.4 is 38.1 Å². The highest BCUT2D eigenvalue weighted by Crippen LogP contribution is 2.23. The molecule has 0 aliphatic carbocycles. The van der Waals surface area contributed by atoms with Gasteiger partial charge in [-0.3, -0.25) is 33.8 Å². The highest BCUT2D eigenvalue weighted by Gasteiger charge is 2.34. The van der Waals surface area contributed by atoms with Crippen molar-refractivity contribution in [3.05, 3.63) is 35.0 Å². The normalized spacial score (nSPS) is 21.9. The number of amides is 5. The van der Waals surface area contributed by atoms with Gasteiger partial charge in [-0.2, -0.15) is 0 Å². The second-order valence-corrected chi connectivity index (χ2v) is 11.4. The molecule has 1 aromatic carbocycles. The van der Waals surface area contributed by atoms with E-state index in [1.54, 1.807) is 38.2 Å². The maximum absolute atomic E-state index is 13.7. The number of nitrogens with zero attached hydrogens (tertiary/aromatic N) is 1. The number of nitrogens with two attached hydrogens (primary N) is 2. The third-order valence-electron chi connectivity index (χ3n) is 7.07. The van der Waals surface area contributed by atoms with Crippen LogP contribution in [-0.2, 0) is 35.2 Å². The van der Waals surface area contributed by atoms with Gasteiger partial charge in [-0.25, -0.2) is 0 Å². The molecule has 1 saturated heterocycles. The van der Waals surface area contributed by atoms with Gasteiger partial charge in [-0.1, -0.05) is 31.5 Å². The number of carbonyl (C=O) groups excluding carboxylic acids is 5. The van der Waals surface area contributed by atoms with Gasteiger partial charge in [0.25, 0.3) is 0 Å². The van der Waals surface area contributed by atoms with E-state index in [2.05, 4.69) is 36.6 Å². The minimum atomic E-state index is -1.58. The first-order valence-corrected chi connectivity index (χ1v) is 14.6. The smallest absolute Gasteiger partial charge is 0.305 e. The number of aromatic nitrogens is 1. The number of rotatable bonds is 9. The van der Waals surface area contributed by atoms with E-state index < -0.39 is 78.6 Å². The molecule has 3 rings (SSSR count). The van der Waals surface area contributed by atoms with Gasteiger partial charge in [0.1, 0.15) is 24.2 Å². The largest absolute Gasteiger partial charge is 0.481 e. The standard InChI is InChI=1S/C28H38ClN9O7/c1-13(2)23-27(45)36-17(4-3-7-32-28(30)31)24(42)34-12-21(39)35-20(10-22(40)41)25(43)37-19(26(44)38-23)8-14-11-33-18-9-15(29)5-6-16(14)18/h5-6,9,11,13,17,19-20,23,33H,3-4,7-8,10,12H2,1-2H3,(H,34,42)(H,35,39)(H,36,45)(H,37,43)(H,38,44)(H,40,41)(H4,30,31,32)/t17-,19+,20-,23-/m0/s1. The summed E-state index contributed by atoms with van der Waals surface area (Å²) in [7, 11) is 0. The Morgan fingerprint density at radius 3 is 2.33 bits per heavy atom. The lowest BCUT2D eigenvalue weighted by Crippen LogP contribution is -2.59. The number of carboxylic acids is 1. The van der Waals surface area contributed by atoms with E-state index in [1.807, 2.05) is 0 Å². The van der Waals surface area contributed by atoms with Gasteiger partial charge in [0.2, 0.25) is 29.5 Å². The fourth-order valence-electron chi connectivity index (χ4n) is 4.77. The van der Waals surface area contributed by atoms with E-state index >= 15 is 0 Å². The predicted molar refractivity (Wildman–Crippen MR) is 165 cm³/mol. The number of guanidine groups is 1. The zero-order valence-corrected chi connectivity index (χ0v) is 25.6. The van der Waals surface area contributed by atoms with Crippen molar-refractivity contribution in [2.24, 2.45) is 22.4 Å². The maximum Gasteiger partial charge on any atom is 0.305 e. The number of H-pyrrole nitrogens is 1. The van der Waals surface area contributed by atoms with Crippen molar-refractivity contribution in [1.82, 2.24) is 31.6 Å². The molecule has 1 aliphatic heterocycles. The second-order valence-electron chi connectivity index (χ2n) is 10.9. The molecule has 0 spiro atoms. The Kier molecular flexibility index (Phi) is 12.1. The van der Waals surface area contributed by atoms with Crippen LogP contribution in [0.2, 0.25) is 5.02 Å². The summed E-state index contributed by atoms with van der Waals surface area (Å²) in [6.45, 7) is 2.93. The monoisotopic (exact) mass is 647 g/mol. The summed E-state index contributed by atoms with van der Waals surface area (Å²) in [5.74, 6) is -5.93. The van der Waals surface area contributed by atoms with E-state index in [0.29, 0.717) is 16.1 Å². The molecule has 17 heteroatoms. The number of aliphatic carboxylic acids is 1. The summed E-state index contributed by atoms with van der Waals surface area (Å²) in [6, 6.07) is -0.0460. The quantitative estimate of drug-likeness (QED) is 0.0880. The molecule has 1 aliphatic rings. The van der Waals surface area contributed by atoms with E-state index in [0.717, 1.165) is 5.39 Å². The number of nitrogens with one attached hydrogen (secondary N) is 6. The molecule has 0 saturated carbocycles. The van der Waals surface area contributed by atoms with Gasteiger partial charge in [0, 0.05) is 35.1 Å². The van der Waals surface area contributed by atoms with Crippen molar-refractivity contribution in [2.75, 3.05) is 13.1 Å². The lowest BCUT2D eigenvalue weighted by Gasteiger charge is -2.27. The van der Waals surface area contributed by atoms with Crippen molar-refractivity contribution in [3.63, 3.8) is 0 Å². The molecular formula is C28H38ClN9O7. The third kappa shape index (κ3) is 10.1. The lowest BCUT2D eigenvalue weighted by molar-refractivity contribution is -0.141. The van der Waals surface area contributed by atoms with Gasteiger partial charge in [-0.15, -0.1) is 0 Å². The van der Waals surface area contributed by atoms with Crippen LogP contribution in [0.15, 0.2) is 29.4 Å². The summed E-state index contributed by atoms with van der Waals surface area (Å²) in [6.07, 6.45) is 1.16. The molecule has 4 atom stereocenters. The van der Waals surface area contributed by atoms with Gasteiger partial charge in [0.05, 0.1) is 13.0 Å². The van der Waals surface area contributed by atoms with Crippen LogP contribution in [0.5, 0.6) is 0 Å². The van der Waals surface area contributed by atoms with Crippen LogP contribution in [0.4, 0.5) is 0 Å². The number of hydrogen-bond acceptors (Lipinski definition) is 7. The molecule has 0 radical (unpaired) electrons. The second kappa shape index (κ2) is 15.7. The molecule has 0 unspecified atom stereocenters. The summed E-state index contributed by atoms with van der Waals surface area (Å²) in [5, 5.41) is 23.2. The average Bonchev–Trinajstić information content (AvgIpc) is 3.35. The topological polar surface area (TPSA) is 263 Å². The Labute approximate surface area is 263 Å². The number of aliphatic imine (C=N–C) groups is 1. The number of fused-ring (bicyclic) bond motifs is 1. The van der Waals surface area contributed by atoms with Gasteiger partial charge >= 0.3 is 5.97 Å². The Hall–Kier alpha value is -4.86. The first kappa shape index (κ1) is 34.6. The lowest BCUT2D eigenvalue weighted by atomic mass is 9.99. The highest BCUT2D eigenvalue weighted by atomic mass is 35.5. The molecule has 45 heavy (non-hydrogen) atoms. The van der Waals surface area contributed by atoms with Crippen LogP contribution in [0.25, 0.3) is 10.9 Å². The van der Waals surface area contributed by atoms with Crippen LogP contribution in [0.3, 0.4) is 0 Å². The molecule has 11 N–H and O–H groups in total. The number of carboxylic acid groups (broad SMARTS) is 1. The van der Waals surface area contributed by atoms with Crippen molar-refractivity contribution >= 4 is 64.0 Å². The molecule has 1 aromatic heterocycles. The van der Waals surface area contributed by atoms with Gasteiger partial charge in [0.15, 0.2) is 5.96 Å². The van der Waals surface area contributed by atoms with Crippen molar-refractivity contribution in [1.29, 1.82) is 0 Å². The molecule has 16 nitrogen and oxygen atoms in total. The predicted octanol–water partition coefficient (Wildman–Crippen LogP) is -1.38. The van der Waals surface area contributed by atoms with Crippen molar-refractivity contribution < 1.29 is 33.9 Å². The molecule has 2 aromatic rings. The Balaban J connectivity index is 1.98. The number of benzene rings is 1. The average molecular weight is 648 g/mol. The summed E-state index contributed by atoms with van der Waals surface area (Å²) < 4.78 is 0. The minimum absolute atomic E-state index is 0.0627. The first-order valence-electron chi connectivity index (χ1n) is 14.3. The minimum Gasteiger partial charge on any atom is -0.481 e. The molecule has 2 heterocycles. The van der Waals surface area contributed by atoms with Crippen LogP contribution in [0.1, 0.15) is 38.7 Å². The van der Waals surface area contributed by atoms with Gasteiger partial charge < -0.3 is 48.1 Å². The third-order valence-corrected chi connectivity index (χ3v) is 7.30. The van der Waals surface area contributed by atoms with Crippen molar-refractivity contribution in [3.8, 4) is 0 Å². The van der Waals surface area contributed by atoms with E-state index in [9.17, 15) is 33.9 Å². The zero-order chi connectivity index (χ0) is 33.3. The number of aromatic amines is 1. The van der Waals surface area contributed by atoms with Gasteiger partial charge in [-0.05, 0) is 36.5 Å². The van der Waals surface area contributed by atoms with E-state index in [-0.39, 0.29) is 31.8 Å². The number of hydrogen-bond donors (Lipinski definition) is 9. The molecular weight excluding hydrogens is 610 g/mol. The summed E-state index contributed by atoms with van der Waals surface area (Å²) in [5.41, 5.74) is 12.0. The zero-order valence-electron chi connectivity index (χ0n) is 24.8. The fourth-order valence-corrected chi connectivity index (χ4v) is 4.94. The molecule has 5 amide bonds. The van der Waals surface area contributed by atoms with E-state index in [1.165, 1.54) is 0 Å². The summed E-state index contributed by atoms with van der Waals surface area (Å²) >= 11 is 6.09. The van der Waals surface area contributed by atoms with Crippen LogP contribution in [-0.4, -0.2) is 88.8 Å². The first-order chi connectivity index (χ1) is 21.2. The molecule has 244 valence electrons. The maximum atomic E-state index is 13.7. The highest BCUT2D eigenvalue weighted by molar-refractivity contribution is 6.31. The molecule has 1 fully saturated rings. The summed E-state index contributed by atoms with van der Waals surface area (Å²) in [4.78, 5) is 84.7. The van der Waals surface area contributed by atoms with Crippen LogP contribution in [0, 0.1) is 5.92 Å². The number of carbonyl (C=O) groups is 6. The molecule has 0 bridgehead atoms. The Bertz CT molecular complexity index is 1470. The Morgan fingerprint density at radius 2 is 1.67 bits per heavy atom. The van der Waals surface area contributed by atoms with E-state index in [4.69, 9.17) is 23.1 Å². The SMILES string of the molecule is CC(C)[C@@H]1NC(=O)[C@@H](Cc2c[nH]c3cc(Cl)ccc23)NC(=O)[C@H](CC(=O)O)NC(=O)CNC(=O)[C@H](CCCN=C(N)N)NC1=O. The van der Waals surface area contributed by atoms with Crippen molar-refractivity contribution in [2.45, 2.75) is 63.7 Å². The number of halogens is 1.